The molecule has 1 aliphatic heterocycles. The first-order valence-electron chi connectivity index (χ1n) is 7.70. The van der Waals surface area contributed by atoms with Gasteiger partial charge in [0.2, 0.25) is 0 Å². The molecule has 102 valence electrons. The van der Waals surface area contributed by atoms with Crippen LogP contribution in [0.5, 0.6) is 0 Å². The minimum Gasteiger partial charge on any atom is -0.379 e. The first-order chi connectivity index (χ1) is 8.83. The monoisotopic (exact) mass is 251 g/mol. The predicted octanol–water partition coefficient (Wildman–Crippen LogP) is 2.39. The Labute approximate surface area is 110 Å². The van der Waals surface area contributed by atoms with Gasteiger partial charge in [0.15, 0.2) is 5.78 Å². The number of ether oxygens (including phenoxy) is 1. The van der Waals surface area contributed by atoms with Crippen molar-refractivity contribution in [2.75, 3.05) is 26.3 Å². The highest BCUT2D eigenvalue weighted by molar-refractivity contribution is 5.91. The maximum atomic E-state index is 13.0. The van der Waals surface area contributed by atoms with Gasteiger partial charge in [-0.15, -0.1) is 0 Å². The normalized spacial score (nSPS) is 29.8. The zero-order valence-electron chi connectivity index (χ0n) is 11.3. The Morgan fingerprint density at radius 2 is 1.61 bits per heavy atom. The predicted molar refractivity (Wildman–Crippen MR) is 70.6 cm³/mol. The van der Waals surface area contributed by atoms with Crippen LogP contribution in [-0.2, 0) is 9.53 Å². The van der Waals surface area contributed by atoms with Gasteiger partial charge in [-0.2, -0.15) is 0 Å². The topological polar surface area (TPSA) is 29.5 Å². The van der Waals surface area contributed by atoms with Crippen molar-refractivity contribution in [1.82, 2.24) is 4.90 Å². The van der Waals surface area contributed by atoms with Crippen molar-refractivity contribution >= 4 is 5.78 Å². The molecule has 1 heterocycles. The van der Waals surface area contributed by atoms with Gasteiger partial charge in [0.1, 0.15) is 0 Å². The standard InChI is InChI=1S/C15H25NO2/c17-14(13-5-1-2-6-13)15(7-3-4-8-15)16-9-11-18-12-10-16/h13H,1-12H2. The number of morpholine rings is 1. The highest BCUT2D eigenvalue weighted by Gasteiger charge is 2.48. The van der Waals surface area contributed by atoms with Gasteiger partial charge >= 0.3 is 0 Å². The molecule has 2 aliphatic carbocycles. The van der Waals surface area contributed by atoms with E-state index in [2.05, 4.69) is 4.90 Å². The number of carbonyl (C=O) groups is 1. The molecule has 1 saturated heterocycles. The molecular formula is C15H25NO2. The molecule has 0 aromatic heterocycles. The van der Waals surface area contributed by atoms with Crippen molar-refractivity contribution in [2.45, 2.75) is 56.9 Å². The summed E-state index contributed by atoms with van der Waals surface area (Å²) in [6.45, 7) is 3.52. The zero-order chi connectivity index (χ0) is 12.4. The summed E-state index contributed by atoms with van der Waals surface area (Å²) in [6.07, 6.45) is 9.47. The van der Waals surface area contributed by atoms with E-state index in [1.807, 2.05) is 0 Å². The Hall–Kier alpha value is -0.410. The number of hydrogen-bond donors (Lipinski definition) is 0. The van der Waals surface area contributed by atoms with Gasteiger partial charge in [0.25, 0.3) is 0 Å². The smallest absolute Gasteiger partial charge is 0.156 e. The molecule has 3 aliphatic rings. The van der Waals surface area contributed by atoms with E-state index in [0.717, 1.165) is 52.0 Å². The van der Waals surface area contributed by atoms with Crippen LogP contribution in [0.3, 0.4) is 0 Å². The van der Waals surface area contributed by atoms with E-state index < -0.39 is 0 Å². The van der Waals surface area contributed by atoms with E-state index in [-0.39, 0.29) is 5.54 Å². The van der Waals surface area contributed by atoms with Crippen molar-refractivity contribution in [3.05, 3.63) is 0 Å². The van der Waals surface area contributed by atoms with Crippen LogP contribution in [0.4, 0.5) is 0 Å². The molecule has 0 unspecified atom stereocenters. The first-order valence-corrected chi connectivity index (χ1v) is 7.70. The van der Waals surface area contributed by atoms with E-state index in [9.17, 15) is 4.79 Å². The number of Topliss-reactive ketones (excluding diaryl/α,β-unsaturated/α-hetero) is 1. The molecule has 0 N–H and O–H groups in total. The Morgan fingerprint density at radius 1 is 1.00 bits per heavy atom. The second kappa shape index (κ2) is 5.30. The van der Waals surface area contributed by atoms with Crippen LogP contribution in [0.15, 0.2) is 0 Å². The Morgan fingerprint density at radius 3 is 2.22 bits per heavy atom. The molecule has 0 spiro atoms. The van der Waals surface area contributed by atoms with E-state index in [0.29, 0.717) is 11.7 Å². The fraction of sp³-hybridized carbons (Fsp3) is 0.933. The fourth-order valence-electron chi connectivity index (χ4n) is 4.24. The number of carbonyl (C=O) groups excluding carboxylic acids is 1. The highest BCUT2D eigenvalue weighted by atomic mass is 16.5. The molecule has 3 fully saturated rings. The second-order valence-electron chi connectivity index (χ2n) is 6.18. The minimum absolute atomic E-state index is 0.0984. The summed E-state index contributed by atoms with van der Waals surface area (Å²) >= 11 is 0. The lowest BCUT2D eigenvalue weighted by Gasteiger charge is -2.43. The maximum absolute atomic E-state index is 13.0. The van der Waals surface area contributed by atoms with Crippen LogP contribution < -0.4 is 0 Å². The van der Waals surface area contributed by atoms with Crippen molar-refractivity contribution < 1.29 is 9.53 Å². The summed E-state index contributed by atoms with van der Waals surface area (Å²) in [5, 5.41) is 0. The summed E-state index contributed by atoms with van der Waals surface area (Å²) < 4.78 is 5.46. The van der Waals surface area contributed by atoms with Gasteiger partial charge in [-0.05, 0) is 25.7 Å². The molecule has 0 bridgehead atoms. The first kappa shape index (κ1) is 12.6. The molecule has 0 aromatic rings. The summed E-state index contributed by atoms with van der Waals surface area (Å²) in [5.74, 6) is 0.949. The van der Waals surface area contributed by atoms with Crippen molar-refractivity contribution in [1.29, 1.82) is 0 Å². The molecule has 0 amide bonds. The van der Waals surface area contributed by atoms with E-state index in [1.54, 1.807) is 0 Å². The summed E-state index contributed by atoms with van der Waals surface area (Å²) in [6, 6.07) is 0. The molecule has 18 heavy (non-hydrogen) atoms. The SMILES string of the molecule is O=C(C1CCCC1)C1(N2CCOCC2)CCCC1. The van der Waals surface area contributed by atoms with E-state index >= 15 is 0 Å². The van der Waals surface area contributed by atoms with Crippen LogP contribution in [0.1, 0.15) is 51.4 Å². The average Bonchev–Trinajstić information content (AvgIpc) is 3.11. The maximum Gasteiger partial charge on any atom is 0.156 e. The molecular weight excluding hydrogens is 226 g/mol. The van der Waals surface area contributed by atoms with E-state index in [4.69, 9.17) is 4.74 Å². The molecule has 0 aromatic carbocycles. The van der Waals surface area contributed by atoms with Gasteiger partial charge in [-0.3, -0.25) is 9.69 Å². The van der Waals surface area contributed by atoms with Crippen LogP contribution in [0, 0.1) is 5.92 Å². The van der Waals surface area contributed by atoms with Crippen LogP contribution in [0.25, 0.3) is 0 Å². The molecule has 2 saturated carbocycles. The lowest BCUT2D eigenvalue weighted by atomic mass is 9.81. The number of hydrogen-bond acceptors (Lipinski definition) is 3. The van der Waals surface area contributed by atoms with Crippen LogP contribution >= 0.6 is 0 Å². The second-order valence-corrected chi connectivity index (χ2v) is 6.18. The van der Waals surface area contributed by atoms with Gasteiger partial charge in [0, 0.05) is 19.0 Å². The van der Waals surface area contributed by atoms with Gasteiger partial charge in [-0.25, -0.2) is 0 Å². The van der Waals surface area contributed by atoms with Crippen molar-refractivity contribution in [3.63, 3.8) is 0 Å². The van der Waals surface area contributed by atoms with Gasteiger partial charge < -0.3 is 4.74 Å². The van der Waals surface area contributed by atoms with Crippen molar-refractivity contribution in [2.24, 2.45) is 5.92 Å². The molecule has 3 heteroatoms. The van der Waals surface area contributed by atoms with Crippen LogP contribution in [0.2, 0.25) is 0 Å². The zero-order valence-corrected chi connectivity index (χ0v) is 11.3. The summed E-state index contributed by atoms with van der Waals surface area (Å²) in [4.78, 5) is 15.4. The van der Waals surface area contributed by atoms with Crippen molar-refractivity contribution in [3.8, 4) is 0 Å². The average molecular weight is 251 g/mol. The minimum atomic E-state index is -0.0984. The Kier molecular flexibility index (Phi) is 3.71. The Bertz CT molecular complexity index is 298. The molecule has 0 radical (unpaired) electrons. The third kappa shape index (κ3) is 2.12. The third-order valence-electron chi connectivity index (χ3n) is 5.23. The summed E-state index contributed by atoms with van der Waals surface area (Å²) in [7, 11) is 0. The highest BCUT2D eigenvalue weighted by Crippen LogP contribution is 2.41. The number of rotatable bonds is 3. The number of nitrogens with zero attached hydrogens (tertiary/aromatic N) is 1. The largest absolute Gasteiger partial charge is 0.379 e. The van der Waals surface area contributed by atoms with Crippen LogP contribution in [-0.4, -0.2) is 42.5 Å². The third-order valence-corrected chi connectivity index (χ3v) is 5.23. The quantitative estimate of drug-likeness (QED) is 0.771. The van der Waals surface area contributed by atoms with Gasteiger partial charge in [-0.1, -0.05) is 25.7 Å². The molecule has 0 atom stereocenters. The van der Waals surface area contributed by atoms with Gasteiger partial charge in [0.05, 0.1) is 18.8 Å². The summed E-state index contributed by atoms with van der Waals surface area (Å²) in [5.41, 5.74) is -0.0984. The fourth-order valence-corrected chi connectivity index (χ4v) is 4.24. The lowest BCUT2D eigenvalue weighted by molar-refractivity contribution is -0.138. The Balaban J connectivity index is 1.78. The molecule has 3 rings (SSSR count). The number of ketones is 1. The lowest BCUT2D eigenvalue weighted by Crippen LogP contribution is -2.58. The van der Waals surface area contributed by atoms with E-state index in [1.165, 1.54) is 25.7 Å². The molecule has 3 nitrogen and oxygen atoms in total.